The van der Waals surface area contributed by atoms with Crippen molar-refractivity contribution in [2.45, 2.75) is 32.8 Å². The number of ether oxygens (including phenoxy) is 1. The van der Waals surface area contributed by atoms with Crippen LogP contribution in [0.5, 0.6) is 0 Å². The normalized spacial score (nSPS) is 11.0. The molecule has 0 fully saturated rings. The summed E-state index contributed by atoms with van der Waals surface area (Å²) in [5.74, 6) is -0.215. The van der Waals surface area contributed by atoms with Crippen LogP contribution in [0.4, 0.5) is 10.5 Å². The molecule has 24 heavy (non-hydrogen) atoms. The maximum Gasteiger partial charge on any atom is 0.412 e. The predicted molar refractivity (Wildman–Crippen MR) is 92.2 cm³/mol. The summed E-state index contributed by atoms with van der Waals surface area (Å²) < 4.78 is 5.19. The molecule has 0 spiro atoms. The van der Waals surface area contributed by atoms with E-state index >= 15 is 0 Å². The van der Waals surface area contributed by atoms with Gasteiger partial charge in [-0.25, -0.2) is 4.79 Å². The average molecular weight is 348 g/mol. The van der Waals surface area contributed by atoms with Gasteiger partial charge in [0.2, 0.25) is 0 Å². The Bertz CT molecular complexity index is 696. The fourth-order valence-electron chi connectivity index (χ4n) is 1.85. The van der Waals surface area contributed by atoms with E-state index in [0.717, 1.165) is 5.01 Å². The van der Waals surface area contributed by atoms with Crippen molar-refractivity contribution < 1.29 is 14.3 Å². The van der Waals surface area contributed by atoms with Crippen LogP contribution in [0, 0.1) is 0 Å². The van der Waals surface area contributed by atoms with Gasteiger partial charge in [-0.2, -0.15) is 0 Å². The van der Waals surface area contributed by atoms with Gasteiger partial charge in [-0.15, -0.1) is 21.5 Å². The fourth-order valence-corrected chi connectivity index (χ4v) is 2.38. The molecule has 0 saturated heterocycles. The van der Waals surface area contributed by atoms with E-state index in [1.807, 2.05) is 0 Å². The smallest absolute Gasteiger partial charge is 0.412 e. The first-order valence-electron chi connectivity index (χ1n) is 7.47. The number of aromatic nitrogens is 2. The molecule has 0 radical (unpaired) electrons. The van der Waals surface area contributed by atoms with E-state index in [4.69, 9.17) is 4.74 Å². The van der Waals surface area contributed by atoms with Crippen LogP contribution in [0.2, 0.25) is 0 Å². The Morgan fingerprint density at radius 1 is 1.29 bits per heavy atom. The third-order valence-corrected chi connectivity index (χ3v) is 3.56. The number of hydrogen-bond donors (Lipinski definition) is 2. The Balaban J connectivity index is 1.89. The Morgan fingerprint density at radius 3 is 2.75 bits per heavy atom. The summed E-state index contributed by atoms with van der Waals surface area (Å²) in [6, 6.07) is 6.68. The molecule has 0 saturated carbocycles. The van der Waals surface area contributed by atoms with E-state index in [1.54, 1.807) is 50.5 Å². The quantitative estimate of drug-likeness (QED) is 0.866. The van der Waals surface area contributed by atoms with E-state index in [9.17, 15) is 9.59 Å². The molecule has 0 bridgehead atoms. The number of nitrogens with zero attached hydrogens (tertiary/aromatic N) is 2. The molecular formula is C16H20N4O3S. The molecular weight excluding hydrogens is 328 g/mol. The molecule has 8 heteroatoms. The molecule has 0 atom stereocenters. The number of benzene rings is 1. The molecule has 0 aliphatic carbocycles. The van der Waals surface area contributed by atoms with E-state index in [2.05, 4.69) is 20.8 Å². The van der Waals surface area contributed by atoms with Crippen molar-refractivity contribution >= 4 is 29.0 Å². The van der Waals surface area contributed by atoms with Crippen molar-refractivity contribution in [2.24, 2.45) is 0 Å². The Kier molecular flexibility index (Phi) is 5.86. The molecule has 2 aromatic rings. The number of nitrogens with one attached hydrogen (secondary N) is 2. The van der Waals surface area contributed by atoms with Crippen LogP contribution < -0.4 is 10.6 Å². The average Bonchev–Trinajstić information content (AvgIpc) is 2.98. The van der Waals surface area contributed by atoms with Gasteiger partial charge in [0.1, 0.15) is 16.1 Å². The number of anilines is 1. The first-order valence-corrected chi connectivity index (χ1v) is 8.35. The Morgan fingerprint density at radius 2 is 2.08 bits per heavy atom. The second kappa shape index (κ2) is 7.87. The van der Waals surface area contributed by atoms with Crippen LogP contribution in [-0.4, -0.2) is 34.3 Å². The summed E-state index contributed by atoms with van der Waals surface area (Å²) in [5, 5.41) is 14.0. The first-order chi connectivity index (χ1) is 11.3. The van der Waals surface area contributed by atoms with Gasteiger partial charge >= 0.3 is 6.09 Å². The van der Waals surface area contributed by atoms with Crippen molar-refractivity contribution in [1.29, 1.82) is 0 Å². The number of rotatable bonds is 5. The van der Waals surface area contributed by atoms with Crippen LogP contribution in [0.1, 0.15) is 36.1 Å². The summed E-state index contributed by atoms with van der Waals surface area (Å²) in [6.07, 6.45) is 0.0723. The number of carbonyl (C=O) groups is 2. The number of hydrogen-bond acceptors (Lipinski definition) is 6. The molecule has 0 aliphatic heterocycles. The van der Waals surface area contributed by atoms with Crippen molar-refractivity contribution in [3.05, 3.63) is 40.3 Å². The second-order valence-electron chi connectivity index (χ2n) is 6.05. The zero-order chi connectivity index (χ0) is 17.6. The first kappa shape index (κ1) is 17.9. The molecule has 2 rings (SSSR count). The Labute approximate surface area is 144 Å². The molecule has 1 aromatic heterocycles. The highest BCUT2D eigenvalue weighted by molar-refractivity contribution is 7.09. The van der Waals surface area contributed by atoms with Gasteiger partial charge in [0.15, 0.2) is 0 Å². The van der Waals surface area contributed by atoms with E-state index < -0.39 is 11.7 Å². The minimum atomic E-state index is -0.580. The van der Waals surface area contributed by atoms with Crippen LogP contribution in [0.15, 0.2) is 29.8 Å². The zero-order valence-corrected chi connectivity index (χ0v) is 14.6. The highest BCUT2D eigenvalue weighted by Gasteiger charge is 2.16. The third kappa shape index (κ3) is 5.96. The highest BCUT2D eigenvalue weighted by atomic mass is 32.1. The minimum absolute atomic E-state index is 0.215. The SMILES string of the molecule is CC(C)(C)OC(=O)Nc1cccc(C(=O)NCCc2nncs2)c1. The van der Waals surface area contributed by atoms with E-state index in [0.29, 0.717) is 24.2 Å². The largest absolute Gasteiger partial charge is 0.444 e. The van der Waals surface area contributed by atoms with Crippen molar-refractivity contribution in [3.63, 3.8) is 0 Å². The summed E-state index contributed by atoms with van der Waals surface area (Å²) >= 11 is 1.45. The van der Waals surface area contributed by atoms with Gasteiger partial charge in [0, 0.05) is 24.2 Å². The fraction of sp³-hybridized carbons (Fsp3) is 0.375. The monoisotopic (exact) mass is 348 g/mol. The minimum Gasteiger partial charge on any atom is -0.444 e. The lowest BCUT2D eigenvalue weighted by atomic mass is 10.2. The molecule has 0 aliphatic rings. The predicted octanol–water partition coefficient (Wildman–Crippen LogP) is 2.86. The number of carbonyl (C=O) groups excluding carboxylic acids is 2. The van der Waals surface area contributed by atoms with Gasteiger partial charge in [-0.1, -0.05) is 6.07 Å². The lowest BCUT2D eigenvalue weighted by Gasteiger charge is -2.19. The lowest BCUT2D eigenvalue weighted by molar-refractivity contribution is 0.0635. The summed E-state index contributed by atoms with van der Waals surface area (Å²) in [7, 11) is 0. The van der Waals surface area contributed by atoms with Crippen molar-refractivity contribution in [3.8, 4) is 0 Å². The third-order valence-electron chi connectivity index (χ3n) is 2.80. The van der Waals surface area contributed by atoms with Gasteiger partial charge in [0.25, 0.3) is 5.91 Å². The van der Waals surface area contributed by atoms with Gasteiger partial charge in [0.05, 0.1) is 0 Å². The molecule has 7 nitrogen and oxygen atoms in total. The molecule has 2 N–H and O–H groups in total. The second-order valence-corrected chi connectivity index (χ2v) is 6.96. The van der Waals surface area contributed by atoms with Crippen LogP contribution in [0.25, 0.3) is 0 Å². The summed E-state index contributed by atoms with van der Waals surface area (Å²) in [6.45, 7) is 5.83. The molecule has 0 unspecified atom stereocenters. The van der Waals surface area contributed by atoms with Crippen molar-refractivity contribution in [2.75, 3.05) is 11.9 Å². The molecule has 1 heterocycles. The maximum atomic E-state index is 12.2. The summed E-state index contributed by atoms with van der Waals surface area (Å²) in [5.41, 5.74) is 2.04. The zero-order valence-electron chi connectivity index (χ0n) is 13.8. The maximum absolute atomic E-state index is 12.2. The van der Waals surface area contributed by atoms with Crippen LogP contribution >= 0.6 is 11.3 Å². The lowest BCUT2D eigenvalue weighted by Crippen LogP contribution is -2.28. The van der Waals surface area contributed by atoms with Crippen LogP contribution in [0.3, 0.4) is 0 Å². The van der Waals surface area contributed by atoms with Crippen LogP contribution in [-0.2, 0) is 11.2 Å². The molecule has 2 amide bonds. The van der Waals surface area contributed by atoms with Gasteiger partial charge in [-0.3, -0.25) is 10.1 Å². The molecule has 128 valence electrons. The Hall–Kier alpha value is -2.48. The topological polar surface area (TPSA) is 93.2 Å². The number of amides is 2. The van der Waals surface area contributed by atoms with E-state index in [-0.39, 0.29) is 5.91 Å². The standard InChI is InChI=1S/C16H20N4O3S/c1-16(2,3)23-15(22)19-12-6-4-5-11(9-12)14(21)17-8-7-13-20-18-10-24-13/h4-6,9-10H,7-8H2,1-3H3,(H,17,21)(H,19,22). The van der Waals surface area contributed by atoms with Gasteiger partial charge in [-0.05, 0) is 39.0 Å². The highest BCUT2D eigenvalue weighted by Crippen LogP contribution is 2.13. The molecule has 1 aromatic carbocycles. The van der Waals surface area contributed by atoms with Crippen molar-refractivity contribution in [1.82, 2.24) is 15.5 Å². The van der Waals surface area contributed by atoms with Gasteiger partial charge < -0.3 is 10.1 Å². The summed E-state index contributed by atoms with van der Waals surface area (Å²) in [4.78, 5) is 23.9. The van der Waals surface area contributed by atoms with E-state index in [1.165, 1.54) is 11.3 Å².